The van der Waals surface area contributed by atoms with Crippen molar-refractivity contribution in [2.75, 3.05) is 43.9 Å². The fourth-order valence-electron chi connectivity index (χ4n) is 3.48. The highest BCUT2D eigenvalue weighted by atomic mass is 79.9. The minimum Gasteiger partial charge on any atom is -0.369 e. The number of hydrogen-bond donors (Lipinski definition) is 3. The van der Waals surface area contributed by atoms with E-state index in [-0.39, 0.29) is 11.3 Å². The molecule has 3 rings (SSSR count). The quantitative estimate of drug-likeness (QED) is 0.469. The van der Waals surface area contributed by atoms with E-state index >= 15 is 0 Å². The maximum absolute atomic E-state index is 11.9. The summed E-state index contributed by atoms with van der Waals surface area (Å²) in [6.07, 6.45) is 6.80. The maximum atomic E-state index is 11.9. The number of piperidine rings is 1. The van der Waals surface area contributed by atoms with Gasteiger partial charge in [0.05, 0.1) is 21.9 Å². The number of hydrogen-bond acceptors (Lipinski definition) is 7. The molecular formula is C22H35BrN8O. The highest BCUT2D eigenvalue weighted by molar-refractivity contribution is 9.10. The molecule has 10 heteroatoms. The predicted molar refractivity (Wildman–Crippen MR) is 131 cm³/mol. The van der Waals surface area contributed by atoms with E-state index in [4.69, 9.17) is 5.10 Å². The number of aryl methyl sites for hydroxylation is 1. The average molecular weight is 507 g/mol. The van der Waals surface area contributed by atoms with E-state index in [2.05, 4.69) is 64.7 Å². The molecule has 0 unspecified atom stereocenters. The number of anilines is 3. The number of aromatic nitrogens is 4. The van der Waals surface area contributed by atoms with Gasteiger partial charge < -0.3 is 20.9 Å². The summed E-state index contributed by atoms with van der Waals surface area (Å²) in [4.78, 5) is 23.3. The number of amides is 1. The number of likely N-dealkylation sites (tertiary alicyclic amines) is 1. The fourth-order valence-corrected chi connectivity index (χ4v) is 3.82. The number of carbonyl (C=O) groups excluding carboxylic acids is 1. The second kappa shape index (κ2) is 10.6. The van der Waals surface area contributed by atoms with Gasteiger partial charge in [-0.25, -0.2) is 4.98 Å². The molecule has 0 spiro atoms. The SMILES string of the molecule is Cc1nn(C2CCN(C)CC2)cc1Nc1ncc(Br)c(NCCCNC(=O)C(C)(C)C)n1. The van der Waals surface area contributed by atoms with E-state index in [1.165, 1.54) is 0 Å². The first-order valence-corrected chi connectivity index (χ1v) is 12.0. The van der Waals surface area contributed by atoms with Crippen LogP contribution in [0.5, 0.6) is 0 Å². The molecule has 2 aromatic heterocycles. The van der Waals surface area contributed by atoms with E-state index in [1.807, 2.05) is 27.7 Å². The maximum Gasteiger partial charge on any atom is 0.229 e. The second-order valence-electron chi connectivity index (χ2n) is 9.44. The first-order valence-electron chi connectivity index (χ1n) is 11.2. The molecule has 9 nitrogen and oxygen atoms in total. The zero-order valence-corrected chi connectivity index (χ0v) is 21.3. The van der Waals surface area contributed by atoms with Crippen molar-refractivity contribution in [1.82, 2.24) is 30.0 Å². The number of halogens is 1. The molecule has 1 aliphatic heterocycles. The van der Waals surface area contributed by atoms with Crippen molar-refractivity contribution < 1.29 is 4.79 Å². The first kappa shape index (κ1) is 24.4. The van der Waals surface area contributed by atoms with Gasteiger partial charge in [-0.2, -0.15) is 10.1 Å². The zero-order chi connectivity index (χ0) is 23.3. The Kier molecular flexibility index (Phi) is 8.10. The second-order valence-corrected chi connectivity index (χ2v) is 10.3. The third kappa shape index (κ3) is 6.65. The molecule has 0 radical (unpaired) electrons. The van der Waals surface area contributed by atoms with Gasteiger partial charge >= 0.3 is 0 Å². The first-order chi connectivity index (χ1) is 15.1. The summed E-state index contributed by atoms with van der Waals surface area (Å²) in [5, 5.41) is 14.3. The Morgan fingerprint density at radius 1 is 1.25 bits per heavy atom. The van der Waals surface area contributed by atoms with Crippen molar-refractivity contribution in [1.29, 1.82) is 0 Å². The topological polar surface area (TPSA) is 100 Å². The molecule has 32 heavy (non-hydrogen) atoms. The summed E-state index contributed by atoms with van der Waals surface area (Å²) in [5.41, 5.74) is 1.48. The summed E-state index contributed by atoms with van der Waals surface area (Å²) in [6.45, 7) is 11.2. The predicted octanol–water partition coefficient (Wildman–Crippen LogP) is 3.72. The van der Waals surface area contributed by atoms with Crippen molar-refractivity contribution in [2.45, 2.75) is 53.0 Å². The number of carbonyl (C=O) groups is 1. The standard InChI is InChI=1S/C22H35BrN8O/c1-15-18(14-31(29-15)16-7-11-30(5)12-8-16)27-21-26-13-17(23)19(28-21)24-9-6-10-25-20(32)22(2,3)4/h13-14,16H,6-12H2,1-5H3,(H,25,32)(H2,24,26,27,28). The molecule has 0 aliphatic carbocycles. The fraction of sp³-hybridized carbons (Fsp3) is 0.636. The molecule has 2 aromatic rings. The van der Waals surface area contributed by atoms with Crippen molar-refractivity contribution in [2.24, 2.45) is 5.41 Å². The van der Waals surface area contributed by atoms with Crippen molar-refractivity contribution in [3.63, 3.8) is 0 Å². The van der Waals surface area contributed by atoms with Crippen LogP contribution in [0, 0.1) is 12.3 Å². The van der Waals surface area contributed by atoms with Gasteiger partial charge in [0.25, 0.3) is 0 Å². The van der Waals surface area contributed by atoms with Crippen LogP contribution >= 0.6 is 15.9 Å². The molecule has 0 saturated carbocycles. The molecule has 0 atom stereocenters. The molecule has 1 amide bonds. The minimum absolute atomic E-state index is 0.0587. The molecule has 1 aliphatic rings. The molecular weight excluding hydrogens is 472 g/mol. The Morgan fingerprint density at radius 3 is 2.66 bits per heavy atom. The highest BCUT2D eigenvalue weighted by Gasteiger charge is 2.21. The van der Waals surface area contributed by atoms with Crippen LogP contribution in [-0.2, 0) is 4.79 Å². The van der Waals surface area contributed by atoms with Crippen LogP contribution in [0.25, 0.3) is 0 Å². The van der Waals surface area contributed by atoms with Crippen LogP contribution in [0.2, 0.25) is 0 Å². The van der Waals surface area contributed by atoms with Crippen LogP contribution in [0.15, 0.2) is 16.9 Å². The minimum atomic E-state index is -0.372. The van der Waals surface area contributed by atoms with Crippen molar-refractivity contribution in [3.05, 3.63) is 22.6 Å². The van der Waals surface area contributed by atoms with Gasteiger partial charge in [-0.05, 0) is 62.3 Å². The van der Waals surface area contributed by atoms with E-state index in [1.54, 1.807) is 6.20 Å². The van der Waals surface area contributed by atoms with Gasteiger partial charge in [-0.15, -0.1) is 0 Å². The normalized spacial score (nSPS) is 15.6. The van der Waals surface area contributed by atoms with Gasteiger partial charge in [0.2, 0.25) is 11.9 Å². The van der Waals surface area contributed by atoms with Crippen LogP contribution < -0.4 is 16.0 Å². The largest absolute Gasteiger partial charge is 0.369 e. The molecule has 176 valence electrons. The molecule has 3 N–H and O–H groups in total. The van der Waals surface area contributed by atoms with Gasteiger partial charge in [0, 0.05) is 30.9 Å². The summed E-state index contributed by atoms with van der Waals surface area (Å²) < 4.78 is 2.87. The summed E-state index contributed by atoms with van der Waals surface area (Å²) in [6, 6.07) is 0.433. The summed E-state index contributed by atoms with van der Waals surface area (Å²) in [5.74, 6) is 1.29. The smallest absolute Gasteiger partial charge is 0.229 e. The zero-order valence-electron chi connectivity index (χ0n) is 19.7. The third-order valence-electron chi connectivity index (χ3n) is 5.58. The Morgan fingerprint density at radius 2 is 1.97 bits per heavy atom. The van der Waals surface area contributed by atoms with E-state index < -0.39 is 0 Å². The van der Waals surface area contributed by atoms with E-state index in [9.17, 15) is 4.79 Å². The average Bonchev–Trinajstić information content (AvgIpc) is 3.09. The lowest BCUT2D eigenvalue weighted by Gasteiger charge is -2.28. The Hall–Kier alpha value is -2.20. The van der Waals surface area contributed by atoms with Crippen LogP contribution in [0.1, 0.15) is 51.8 Å². The van der Waals surface area contributed by atoms with Gasteiger partial charge in [0.15, 0.2) is 0 Å². The number of rotatable bonds is 8. The van der Waals surface area contributed by atoms with Crippen molar-refractivity contribution in [3.8, 4) is 0 Å². The lowest BCUT2D eigenvalue weighted by atomic mass is 9.96. The van der Waals surface area contributed by atoms with Gasteiger partial charge in [-0.1, -0.05) is 20.8 Å². The third-order valence-corrected chi connectivity index (χ3v) is 6.16. The number of nitrogens with zero attached hydrogens (tertiary/aromatic N) is 5. The van der Waals surface area contributed by atoms with Gasteiger partial charge in [-0.3, -0.25) is 9.48 Å². The highest BCUT2D eigenvalue weighted by Crippen LogP contribution is 2.26. The van der Waals surface area contributed by atoms with Gasteiger partial charge in [0.1, 0.15) is 5.82 Å². The Labute approximate surface area is 198 Å². The lowest BCUT2D eigenvalue weighted by molar-refractivity contribution is -0.128. The Bertz CT molecular complexity index is 915. The molecule has 0 bridgehead atoms. The van der Waals surface area contributed by atoms with Crippen molar-refractivity contribution >= 4 is 39.3 Å². The lowest BCUT2D eigenvalue weighted by Crippen LogP contribution is -2.35. The Balaban J connectivity index is 1.55. The molecule has 3 heterocycles. The summed E-state index contributed by atoms with van der Waals surface area (Å²) in [7, 11) is 2.16. The summed E-state index contributed by atoms with van der Waals surface area (Å²) >= 11 is 3.50. The van der Waals surface area contributed by atoms with E-state index in [0.29, 0.717) is 30.9 Å². The molecule has 1 fully saturated rings. The molecule has 1 saturated heterocycles. The van der Waals surface area contributed by atoms with Crippen LogP contribution in [0.3, 0.4) is 0 Å². The monoisotopic (exact) mass is 506 g/mol. The van der Waals surface area contributed by atoms with E-state index in [0.717, 1.165) is 48.2 Å². The molecule has 0 aromatic carbocycles. The van der Waals surface area contributed by atoms with Crippen LogP contribution in [-0.4, -0.2) is 63.8 Å². The van der Waals surface area contributed by atoms with Crippen LogP contribution in [0.4, 0.5) is 17.5 Å². The number of nitrogens with one attached hydrogen (secondary N) is 3.